The third-order valence-corrected chi connectivity index (χ3v) is 5.31. The van der Waals surface area contributed by atoms with E-state index in [2.05, 4.69) is 15.5 Å². The van der Waals surface area contributed by atoms with Gasteiger partial charge in [0.2, 0.25) is 5.91 Å². The molecule has 0 aliphatic carbocycles. The van der Waals surface area contributed by atoms with Crippen LogP contribution in [0.5, 0.6) is 0 Å². The third kappa shape index (κ3) is 6.17. The van der Waals surface area contributed by atoms with Crippen molar-refractivity contribution in [1.29, 1.82) is 0 Å². The van der Waals surface area contributed by atoms with Crippen LogP contribution in [0.1, 0.15) is 11.1 Å². The highest BCUT2D eigenvalue weighted by atomic mass is 32.2. The number of nitrogens with one attached hydrogen (secondary N) is 2. The number of nitrogens with zero attached hydrogens (tertiary/aromatic N) is 1. The fraction of sp³-hybridized carbons (Fsp3) is 0.350. The summed E-state index contributed by atoms with van der Waals surface area (Å²) in [5.41, 5.74) is 1.30. The maximum absolute atomic E-state index is 12.7. The number of amides is 1. The minimum absolute atomic E-state index is 0.116. The first kappa shape index (κ1) is 20.5. The first-order chi connectivity index (χ1) is 13.4. The Morgan fingerprint density at radius 3 is 2.50 bits per heavy atom. The summed E-state index contributed by atoms with van der Waals surface area (Å²) in [5, 5.41) is 5.52. The van der Waals surface area contributed by atoms with Crippen LogP contribution in [0, 0.1) is 0 Å². The van der Waals surface area contributed by atoms with Crippen LogP contribution in [0.3, 0.4) is 0 Å². The van der Waals surface area contributed by atoms with Crippen LogP contribution in [0.25, 0.3) is 0 Å². The van der Waals surface area contributed by atoms with E-state index in [-0.39, 0.29) is 18.1 Å². The fourth-order valence-electron chi connectivity index (χ4n) is 2.96. The van der Waals surface area contributed by atoms with Crippen LogP contribution in [0.2, 0.25) is 0 Å². The van der Waals surface area contributed by atoms with E-state index >= 15 is 0 Å². The highest BCUT2D eigenvalue weighted by molar-refractivity contribution is 7.99. The topological polar surface area (TPSA) is 44.4 Å². The maximum atomic E-state index is 12.7. The summed E-state index contributed by atoms with van der Waals surface area (Å²) in [4.78, 5) is 14.5. The van der Waals surface area contributed by atoms with E-state index in [0.717, 1.165) is 48.8 Å². The van der Waals surface area contributed by atoms with E-state index in [9.17, 15) is 18.0 Å². The molecule has 2 N–H and O–H groups in total. The zero-order chi connectivity index (χ0) is 20.0. The lowest BCUT2D eigenvalue weighted by Crippen LogP contribution is -2.32. The molecule has 1 aliphatic heterocycles. The number of halogens is 3. The molecule has 0 atom stereocenters. The van der Waals surface area contributed by atoms with Gasteiger partial charge in [0.15, 0.2) is 0 Å². The highest BCUT2D eigenvalue weighted by Gasteiger charge is 2.30. The van der Waals surface area contributed by atoms with Gasteiger partial charge in [-0.25, -0.2) is 0 Å². The van der Waals surface area contributed by atoms with Crippen LogP contribution < -0.4 is 10.6 Å². The molecule has 28 heavy (non-hydrogen) atoms. The zero-order valence-corrected chi connectivity index (χ0v) is 16.1. The van der Waals surface area contributed by atoms with E-state index in [1.165, 1.54) is 12.1 Å². The Kier molecular flexibility index (Phi) is 6.85. The molecule has 1 amide bonds. The van der Waals surface area contributed by atoms with E-state index in [1.807, 2.05) is 30.0 Å². The molecule has 150 valence electrons. The van der Waals surface area contributed by atoms with E-state index < -0.39 is 11.7 Å². The van der Waals surface area contributed by atoms with Crippen LogP contribution in [-0.4, -0.2) is 41.9 Å². The normalized spacial score (nSPS) is 15.2. The summed E-state index contributed by atoms with van der Waals surface area (Å²) < 4.78 is 38.2. The molecule has 2 aromatic rings. The van der Waals surface area contributed by atoms with Crippen LogP contribution in [0.4, 0.5) is 24.5 Å². The van der Waals surface area contributed by atoms with Gasteiger partial charge in [-0.1, -0.05) is 18.2 Å². The second-order valence-corrected chi connectivity index (χ2v) is 7.79. The molecule has 8 heteroatoms. The average Bonchev–Trinajstić information content (AvgIpc) is 2.67. The van der Waals surface area contributed by atoms with Crippen molar-refractivity contribution in [3.8, 4) is 0 Å². The van der Waals surface area contributed by atoms with Crippen molar-refractivity contribution in [2.24, 2.45) is 0 Å². The highest BCUT2D eigenvalue weighted by Crippen LogP contribution is 2.30. The Bertz CT molecular complexity index is 807. The minimum Gasteiger partial charge on any atom is -0.376 e. The lowest BCUT2D eigenvalue weighted by Gasteiger charge is -2.26. The van der Waals surface area contributed by atoms with Gasteiger partial charge >= 0.3 is 6.18 Å². The average molecular weight is 409 g/mol. The van der Waals surface area contributed by atoms with Gasteiger partial charge in [0, 0.05) is 42.5 Å². The molecular formula is C20H22F3N3OS. The molecule has 1 fully saturated rings. The van der Waals surface area contributed by atoms with E-state index in [4.69, 9.17) is 0 Å². The number of benzene rings is 2. The molecule has 4 nitrogen and oxygen atoms in total. The summed E-state index contributed by atoms with van der Waals surface area (Å²) in [6, 6.07) is 12.5. The smallest absolute Gasteiger partial charge is 0.376 e. The predicted molar refractivity (Wildman–Crippen MR) is 108 cm³/mol. The van der Waals surface area contributed by atoms with Crippen molar-refractivity contribution < 1.29 is 18.0 Å². The second-order valence-electron chi connectivity index (χ2n) is 6.57. The van der Waals surface area contributed by atoms with E-state index in [0.29, 0.717) is 5.69 Å². The van der Waals surface area contributed by atoms with Crippen molar-refractivity contribution in [2.75, 3.05) is 41.8 Å². The Morgan fingerprint density at radius 2 is 1.75 bits per heavy atom. The number of rotatable bonds is 6. The van der Waals surface area contributed by atoms with Crippen molar-refractivity contribution in [3.05, 3.63) is 59.7 Å². The van der Waals surface area contributed by atoms with Crippen molar-refractivity contribution in [2.45, 2.75) is 12.7 Å². The minimum atomic E-state index is -4.41. The molecule has 0 aromatic heterocycles. The molecule has 1 aliphatic rings. The molecule has 2 aromatic carbocycles. The summed E-state index contributed by atoms with van der Waals surface area (Å²) in [6.45, 7) is 2.84. The molecular weight excluding hydrogens is 387 g/mol. The Balaban J connectivity index is 1.53. The van der Waals surface area contributed by atoms with Gasteiger partial charge < -0.3 is 10.6 Å². The zero-order valence-electron chi connectivity index (χ0n) is 15.3. The molecule has 0 spiro atoms. The van der Waals surface area contributed by atoms with E-state index in [1.54, 1.807) is 6.07 Å². The summed E-state index contributed by atoms with van der Waals surface area (Å²) in [7, 11) is 0. The van der Waals surface area contributed by atoms with Gasteiger partial charge in [0.1, 0.15) is 0 Å². The number of carbonyl (C=O) groups is 1. The first-order valence-corrected chi connectivity index (χ1v) is 10.2. The molecule has 3 rings (SSSR count). The lowest BCUT2D eigenvalue weighted by atomic mass is 10.2. The van der Waals surface area contributed by atoms with Gasteiger partial charge in [0.25, 0.3) is 0 Å². The maximum Gasteiger partial charge on any atom is 0.416 e. The molecule has 0 saturated carbocycles. The predicted octanol–water partition coefficient (Wildman–Crippen LogP) is 4.30. The number of anilines is 2. The van der Waals surface area contributed by atoms with Crippen LogP contribution in [-0.2, 0) is 17.5 Å². The van der Waals surface area contributed by atoms with Gasteiger partial charge in [-0.3, -0.25) is 9.69 Å². The number of carbonyl (C=O) groups excluding carboxylic acids is 1. The molecule has 0 unspecified atom stereocenters. The summed E-state index contributed by atoms with van der Waals surface area (Å²) in [6.07, 6.45) is -4.41. The van der Waals surface area contributed by atoms with Crippen LogP contribution in [0.15, 0.2) is 48.5 Å². The monoisotopic (exact) mass is 409 g/mol. The second kappa shape index (κ2) is 9.34. The Labute approximate surface area is 166 Å². The number of thioether (sulfide) groups is 1. The largest absolute Gasteiger partial charge is 0.416 e. The van der Waals surface area contributed by atoms with Crippen molar-refractivity contribution >= 4 is 29.0 Å². The standard InChI is InChI=1S/C20H22F3N3OS/c21-20(22,23)16-4-2-5-17(12-16)24-13-19(27)25-18-6-1-3-15(11-18)14-26-7-9-28-10-8-26/h1-6,11-12,24H,7-10,13-14H2,(H,25,27). The number of hydrogen-bond acceptors (Lipinski definition) is 4. The first-order valence-electron chi connectivity index (χ1n) is 9.00. The van der Waals surface area contributed by atoms with Gasteiger partial charge in [-0.2, -0.15) is 24.9 Å². The molecule has 1 heterocycles. The molecule has 1 saturated heterocycles. The summed E-state index contributed by atoms with van der Waals surface area (Å²) >= 11 is 1.96. The number of alkyl halides is 3. The SMILES string of the molecule is O=C(CNc1cccc(C(F)(F)F)c1)Nc1cccc(CN2CCSCC2)c1. The third-order valence-electron chi connectivity index (χ3n) is 4.36. The molecule has 0 radical (unpaired) electrons. The number of hydrogen-bond donors (Lipinski definition) is 2. The fourth-order valence-corrected chi connectivity index (χ4v) is 3.94. The quantitative estimate of drug-likeness (QED) is 0.747. The van der Waals surface area contributed by atoms with Crippen LogP contribution >= 0.6 is 11.8 Å². The van der Waals surface area contributed by atoms with Crippen molar-refractivity contribution in [3.63, 3.8) is 0 Å². The Hall–Kier alpha value is -2.19. The molecule has 0 bridgehead atoms. The van der Waals surface area contributed by atoms with Crippen molar-refractivity contribution in [1.82, 2.24) is 4.90 Å². The van der Waals surface area contributed by atoms with Gasteiger partial charge in [-0.05, 0) is 35.9 Å². The van der Waals surface area contributed by atoms with Gasteiger partial charge in [0.05, 0.1) is 12.1 Å². The van der Waals surface area contributed by atoms with Gasteiger partial charge in [-0.15, -0.1) is 0 Å². The Morgan fingerprint density at radius 1 is 1.04 bits per heavy atom. The lowest BCUT2D eigenvalue weighted by molar-refractivity contribution is -0.137. The summed E-state index contributed by atoms with van der Waals surface area (Å²) in [5.74, 6) is 1.96.